The Kier molecular flexibility index (Phi) is 3.46. The summed E-state index contributed by atoms with van der Waals surface area (Å²) in [7, 11) is 0. The van der Waals surface area contributed by atoms with Crippen LogP contribution < -0.4 is 0 Å². The number of ketones is 1. The van der Waals surface area contributed by atoms with E-state index in [9.17, 15) is 4.79 Å². The van der Waals surface area contributed by atoms with Gasteiger partial charge >= 0.3 is 0 Å². The Morgan fingerprint density at radius 3 is 3.32 bits per heavy atom. The summed E-state index contributed by atoms with van der Waals surface area (Å²) >= 11 is 1.77. The lowest BCUT2D eigenvalue weighted by atomic mass is 9.84. The van der Waals surface area contributed by atoms with Crippen LogP contribution in [0, 0.1) is 0 Å². The Morgan fingerprint density at radius 2 is 2.47 bits per heavy atom. The fraction of sp³-hybridized carbons (Fsp3) is 0.500. The van der Waals surface area contributed by atoms with Gasteiger partial charge < -0.3 is 0 Å². The molecule has 2 aromatic rings. The lowest BCUT2D eigenvalue weighted by molar-refractivity contribution is 0.0940. The first kappa shape index (κ1) is 12.5. The predicted molar refractivity (Wildman–Crippen MR) is 74.6 cm³/mol. The molecule has 0 fully saturated rings. The van der Waals surface area contributed by atoms with Crippen LogP contribution in [0.3, 0.4) is 0 Å². The van der Waals surface area contributed by atoms with Crippen molar-refractivity contribution in [2.75, 3.05) is 0 Å². The van der Waals surface area contributed by atoms with E-state index in [0.29, 0.717) is 5.69 Å². The van der Waals surface area contributed by atoms with Crippen LogP contribution in [0.4, 0.5) is 0 Å². The van der Waals surface area contributed by atoms with E-state index in [2.05, 4.69) is 28.7 Å². The fourth-order valence-electron chi connectivity index (χ4n) is 2.76. The van der Waals surface area contributed by atoms with E-state index >= 15 is 0 Å². The highest BCUT2D eigenvalue weighted by atomic mass is 32.1. The Morgan fingerprint density at radius 1 is 1.58 bits per heavy atom. The number of nitrogens with zero attached hydrogens (tertiary/aromatic N) is 3. The maximum Gasteiger partial charge on any atom is 0.189 e. The lowest BCUT2D eigenvalue weighted by Gasteiger charge is -2.21. The molecule has 5 heteroatoms. The molecular formula is C14H17N3OS. The van der Waals surface area contributed by atoms with Gasteiger partial charge in [-0.25, -0.2) is 4.68 Å². The highest BCUT2D eigenvalue weighted by molar-refractivity contribution is 7.10. The van der Waals surface area contributed by atoms with Gasteiger partial charge in [0.05, 0.1) is 12.1 Å². The molecule has 3 rings (SSSR count). The molecule has 19 heavy (non-hydrogen) atoms. The topological polar surface area (TPSA) is 47.8 Å². The Hall–Kier alpha value is -1.49. The molecule has 1 unspecified atom stereocenters. The SMILES string of the molecule is CCCn1nncc1C(=O)C1CCCc2sccc21. The standard InChI is InChI=1S/C14H17N3OS/c1-2-7-17-12(9-15-16-17)14(18)11-4-3-5-13-10(11)6-8-19-13/h6,8-9,11H,2-5,7H2,1H3. The molecule has 0 bridgehead atoms. The molecule has 0 radical (unpaired) electrons. The van der Waals surface area contributed by atoms with Gasteiger partial charge in [-0.15, -0.1) is 16.4 Å². The van der Waals surface area contributed by atoms with Gasteiger partial charge in [-0.3, -0.25) is 4.79 Å². The first-order valence-corrected chi connectivity index (χ1v) is 7.68. The number of carbonyl (C=O) groups excluding carboxylic acids is 1. The van der Waals surface area contributed by atoms with Crippen LogP contribution in [0.25, 0.3) is 0 Å². The van der Waals surface area contributed by atoms with E-state index < -0.39 is 0 Å². The van der Waals surface area contributed by atoms with Gasteiger partial charge in [-0.1, -0.05) is 12.1 Å². The average molecular weight is 275 g/mol. The van der Waals surface area contributed by atoms with Crippen molar-refractivity contribution in [3.8, 4) is 0 Å². The number of Topliss-reactive ketones (excluding diaryl/α,β-unsaturated/α-hetero) is 1. The van der Waals surface area contributed by atoms with Crippen LogP contribution in [0.15, 0.2) is 17.6 Å². The van der Waals surface area contributed by atoms with Gasteiger partial charge in [-0.05, 0) is 42.7 Å². The van der Waals surface area contributed by atoms with Crippen molar-refractivity contribution in [1.82, 2.24) is 15.0 Å². The Labute approximate surface area is 116 Å². The molecule has 0 saturated heterocycles. The number of rotatable bonds is 4. The molecule has 100 valence electrons. The number of fused-ring (bicyclic) bond motifs is 1. The van der Waals surface area contributed by atoms with Crippen molar-refractivity contribution in [2.24, 2.45) is 0 Å². The zero-order valence-electron chi connectivity index (χ0n) is 11.0. The normalized spacial score (nSPS) is 18.3. The maximum absolute atomic E-state index is 12.7. The zero-order chi connectivity index (χ0) is 13.2. The van der Waals surface area contributed by atoms with E-state index in [-0.39, 0.29) is 11.7 Å². The minimum atomic E-state index is 0.00380. The van der Waals surface area contributed by atoms with E-state index in [1.54, 1.807) is 22.2 Å². The number of thiophene rings is 1. The summed E-state index contributed by atoms with van der Waals surface area (Å²) in [5.74, 6) is 0.182. The van der Waals surface area contributed by atoms with Crippen LogP contribution in [0.5, 0.6) is 0 Å². The molecule has 0 aliphatic heterocycles. The van der Waals surface area contributed by atoms with Crippen molar-refractivity contribution >= 4 is 17.1 Å². The van der Waals surface area contributed by atoms with Gasteiger partial charge in [-0.2, -0.15) is 0 Å². The molecule has 1 atom stereocenters. The van der Waals surface area contributed by atoms with E-state index in [4.69, 9.17) is 0 Å². The summed E-state index contributed by atoms with van der Waals surface area (Å²) in [5, 5.41) is 10.0. The summed E-state index contributed by atoms with van der Waals surface area (Å²) in [6.45, 7) is 2.83. The van der Waals surface area contributed by atoms with Crippen LogP contribution in [0.1, 0.15) is 53.0 Å². The van der Waals surface area contributed by atoms with Crippen molar-refractivity contribution in [1.29, 1.82) is 0 Å². The second-order valence-electron chi connectivity index (χ2n) is 4.95. The van der Waals surface area contributed by atoms with Gasteiger partial charge in [0, 0.05) is 11.4 Å². The van der Waals surface area contributed by atoms with Gasteiger partial charge in [0.2, 0.25) is 0 Å². The summed E-state index contributed by atoms with van der Waals surface area (Å²) < 4.78 is 1.74. The molecule has 1 aliphatic rings. The van der Waals surface area contributed by atoms with E-state index in [1.807, 2.05) is 0 Å². The molecule has 1 aliphatic carbocycles. The number of aryl methyl sites for hydroxylation is 2. The van der Waals surface area contributed by atoms with Crippen molar-refractivity contribution in [3.05, 3.63) is 33.8 Å². The quantitative estimate of drug-likeness (QED) is 0.806. The first-order valence-electron chi connectivity index (χ1n) is 6.80. The number of carbonyl (C=O) groups is 1. The third-order valence-corrected chi connectivity index (χ3v) is 4.67. The van der Waals surface area contributed by atoms with Crippen molar-refractivity contribution in [2.45, 2.75) is 45.1 Å². The van der Waals surface area contributed by atoms with Gasteiger partial charge in [0.15, 0.2) is 5.78 Å². The zero-order valence-corrected chi connectivity index (χ0v) is 11.8. The third-order valence-electron chi connectivity index (χ3n) is 3.67. The molecule has 0 N–H and O–H groups in total. The summed E-state index contributed by atoms with van der Waals surface area (Å²) in [5.41, 5.74) is 1.89. The highest BCUT2D eigenvalue weighted by Gasteiger charge is 2.30. The van der Waals surface area contributed by atoms with E-state index in [1.165, 1.54) is 10.4 Å². The number of aromatic nitrogens is 3. The number of hydrogen-bond acceptors (Lipinski definition) is 4. The third kappa shape index (κ3) is 2.23. The maximum atomic E-state index is 12.7. The molecule has 0 amide bonds. The summed E-state index contributed by atoms with van der Waals surface area (Å²) in [6.07, 6.45) is 5.72. The first-order chi connectivity index (χ1) is 9.31. The van der Waals surface area contributed by atoms with Crippen LogP contribution in [-0.2, 0) is 13.0 Å². The van der Waals surface area contributed by atoms with Gasteiger partial charge in [0.25, 0.3) is 0 Å². The lowest BCUT2D eigenvalue weighted by Crippen LogP contribution is -2.20. The molecule has 4 nitrogen and oxygen atoms in total. The second kappa shape index (κ2) is 5.25. The molecule has 0 saturated carbocycles. The summed E-state index contributed by atoms with van der Waals surface area (Å²) in [4.78, 5) is 14.1. The monoisotopic (exact) mass is 275 g/mol. The fourth-order valence-corrected chi connectivity index (χ4v) is 3.75. The minimum Gasteiger partial charge on any atom is -0.292 e. The van der Waals surface area contributed by atoms with Crippen LogP contribution in [0.2, 0.25) is 0 Å². The van der Waals surface area contributed by atoms with E-state index in [0.717, 1.165) is 32.2 Å². The molecular weight excluding hydrogens is 258 g/mol. The molecule has 0 spiro atoms. The largest absolute Gasteiger partial charge is 0.292 e. The van der Waals surface area contributed by atoms with Crippen molar-refractivity contribution in [3.63, 3.8) is 0 Å². The molecule has 0 aromatic carbocycles. The second-order valence-corrected chi connectivity index (χ2v) is 5.95. The average Bonchev–Trinajstić information content (AvgIpc) is 3.06. The highest BCUT2D eigenvalue weighted by Crippen LogP contribution is 2.36. The number of hydrogen-bond donors (Lipinski definition) is 0. The Balaban J connectivity index is 1.91. The van der Waals surface area contributed by atoms with Crippen molar-refractivity contribution < 1.29 is 4.79 Å². The smallest absolute Gasteiger partial charge is 0.189 e. The molecule has 2 heterocycles. The van der Waals surface area contributed by atoms with Gasteiger partial charge in [0.1, 0.15) is 5.69 Å². The van der Waals surface area contributed by atoms with Crippen LogP contribution >= 0.6 is 11.3 Å². The minimum absolute atomic E-state index is 0.00380. The Bertz CT molecular complexity index is 587. The summed E-state index contributed by atoms with van der Waals surface area (Å²) in [6, 6.07) is 2.11. The molecule has 2 aromatic heterocycles. The predicted octanol–water partition coefficient (Wildman–Crippen LogP) is 3.05. The van der Waals surface area contributed by atoms with Crippen LogP contribution in [-0.4, -0.2) is 20.8 Å².